The van der Waals surface area contributed by atoms with Gasteiger partial charge in [0.2, 0.25) is 5.91 Å². The Labute approximate surface area is 440 Å². The lowest BCUT2D eigenvalue weighted by molar-refractivity contribution is -0.142. The molecule has 0 radical (unpaired) electrons. The lowest BCUT2D eigenvalue weighted by atomic mass is 10.0. The molecule has 1 unspecified atom stereocenters. The van der Waals surface area contributed by atoms with E-state index >= 15 is 0 Å². The molecule has 0 aliphatic carbocycles. The molecule has 0 saturated carbocycles. The highest BCUT2D eigenvalue weighted by Crippen LogP contribution is 2.17. The second-order valence-electron chi connectivity index (χ2n) is 18.4. The number of rotatable bonds is 30. The number of amides is 3. The van der Waals surface area contributed by atoms with Crippen LogP contribution in [0.5, 0.6) is 0 Å². The van der Waals surface area contributed by atoms with Crippen LogP contribution in [-0.4, -0.2) is 222 Å². The van der Waals surface area contributed by atoms with Crippen LogP contribution in [0.2, 0.25) is 0 Å². The summed E-state index contributed by atoms with van der Waals surface area (Å²) in [5, 5.41) is 68.8. The summed E-state index contributed by atoms with van der Waals surface area (Å²) in [6.45, 7) is 3.83. The van der Waals surface area contributed by atoms with Crippen LogP contribution in [0.1, 0.15) is 75.1 Å². The van der Waals surface area contributed by atoms with Gasteiger partial charge < -0.3 is 56.8 Å². The molecule has 2 aromatic rings. The number of thiocarbonyl (C=S) groups is 1. The minimum absolute atomic E-state index is 0.0280. The Hall–Kier alpha value is -6.87. The van der Waals surface area contributed by atoms with E-state index in [0.29, 0.717) is 56.0 Å². The summed E-state index contributed by atoms with van der Waals surface area (Å²) < 4.78 is 0. The summed E-state index contributed by atoms with van der Waals surface area (Å²) in [7, 11) is 0. The largest absolute Gasteiger partial charge is 0.481 e. The number of aryl methyl sites for hydroxylation is 1. The Bertz CT molecular complexity index is 2240. The van der Waals surface area contributed by atoms with Crippen LogP contribution in [-0.2, 0) is 51.3 Å². The Morgan fingerprint density at radius 1 is 0.667 bits per heavy atom. The number of Topliss-reactive ketones (excluding diaryl/α,β-unsaturated/α-hetero) is 1. The molecule has 3 amide bonds. The number of hydrogen-bond donors (Lipinski definition) is 10. The zero-order valence-electron chi connectivity index (χ0n) is 42.5. The number of ketones is 1. The van der Waals surface area contributed by atoms with E-state index in [1.54, 1.807) is 42.8 Å². The predicted octanol–water partition coefficient (Wildman–Crippen LogP) is 1.09. The molecule has 1 aromatic carbocycles. The van der Waals surface area contributed by atoms with Gasteiger partial charge in [0.05, 0.1) is 32.2 Å². The second kappa shape index (κ2) is 33.1. The number of pyridine rings is 1. The maximum atomic E-state index is 13.6. The standard InChI is InChI=1S/C49H72N10O15S/c1-33-9-10-36(26-51-33)27-59(18-6-4-7-40(47(72)73)54-48(74)53-39(34(2)60)15-16-42(62)63)41(61)8-3-5-17-50-49(75)52-37-13-11-35(12-14-37)25-38-28-57(31-45(68)69)22-21-55(29-43(64)65)19-20-56(30-44(66)67)23-24-58(38)32-46(70)71/h9-14,26,38-40H,3-8,15-25,27-32H2,1-2H3,(H,62,63)(H,64,65)(H,66,67)(H,68,69)(H,70,71)(H,72,73)(H2,50,52,75)(H2,53,54,74)/t38?,39-,40-/m0/s1. The van der Waals surface area contributed by atoms with Gasteiger partial charge >= 0.3 is 41.8 Å². The summed E-state index contributed by atoms with van der Waals surface area (Å²) in [4.78, 5) is 121. The molecule has 26 heteroatoms. The van der Waals surface area contributed by atoms with Crippen molar-refractivity contribution in [1.82, 2.24) is 45.4 Å². The quantitative estimate of drug-likeness (QED) is 0.0387. The number of carboxylic acid groups (broad SMARTS) is 6. The lowest BCUT2D eigenvalue weighted by Gasteiger charge is -2.37. The van der Waals surface area contributed by atoms with E-state index in [1.807, 2.05) is 31.2 Å². The summed E-state index contributed by atoms with van der Waals surface area (Å²) in [5.74, 6) is -7.43. The number of nitrogens with zero attached hydrogens (tertiary/aromatic N) is 6. The molecule has 1 aromatic heterocycles. The first-order chi connectivity index (χ1) is 35.6. The van der Waals surface area contributed by atoms with Crippen molar-refractivity contribution in [3.05, 3.63) is 59.4 Å². The molecule has 10 N–H and O–H groups in total. The first-order valence-corrected chi connectivity index (χ1v) is 25.1. The zero-order valence-corrected chi connectivity index (χ0v) is 43.3. The average molecular weight is 1070 g/mol. The van der Waals surface area contributed by atoms with E-state index in [4.69, 9.17) is 17.3 Å². The monoisotopic (exact) mass is 1070 g/mol. The number of unbranched alkanes of at least 4 members (excludes halogenated alkanes) is 2. The summed E-state index contributed by atoms with van der Waals surface area (Å²) >= 11 is 5.54. The van der Waals surface area contributed by atoms with Crippen LogP contribution < -0.4 is 21.3 Å². The van der Waals surface area contributed by atoms with E-state index in [0.717, 1.165) is 16.8 Å². The smallest absolute Gasteiger partial charge is 0.326 e. The van der Waals surface area contributed by atoms with Gasteiger partial charge in [-0.1, -0.05) is 18.2 Å². The number of carboxylic acids is 6. The number of carbonyl (C=O) groups excluding carboxylic acids is 3. The molecule has 414 valence electrons. The van der Waals surface area contributed by atoms with Gasteiger partial charge in [-0.3, -0.25) is 58.1 Å². The Kier molecular flexibility index (Phi) is 27.6. The number of aliphatic carboxylic acids is 6. The molecule has 1 fully saturated rings. The van der Waals surface area contributed by atoms with E-state index in [1.165, 1.54) is 6.92 Å². The molecule has 1 aliphatic heterocycles. The highest BCUT2D eigenvalue weighted by molar-refractivity contribution is 7.80. The minimum atomic E-state index is -1.30. The van der Waals surface area contributed by atoms with Crippen LogP contribution in [0.15, 0.2) is 42.6 Å². The molecule has 3 atom stereocenters. The first-order valence-electron chi connectivity index (χ1n) is 24.7. The maximum Gasteiger partial charge on any atom is 0.326 e. The average Bonchev–Trinajstić information content (AvgIpc) is 3.32. The van der Waals surface area contributed by atoms with Crippen LogP contribution in [0.25, 0.3) is 0 Å². The van der Waals surface area contributed by atoms with Crippen LogP contribution in [0.4, 0.5) is 10.5 Å². The Morgan fingerprint density at radius 3 is 1.80 bits per heavy atom. The number of aromatic nitrogens is 1. The van der Waals surface area contributed by atoms with Gasteiger partial charge in [0, 0.05) is 102 Å². The van der Waals surface area contributed by atoms with Crippen molar-refractivity contribution in [3.63, 3.8) is 0 Å². The van der Waals surface area contributed by atoms with Gasteiger partial charge in [-0.2, -0.15) is 0 Å². The van der Waals surface area contributed by atoms with Crippen LogP contribution in [0.3, 0.4) is 0 Å². The third-order valence-electron chi connectivity index (χ3n) is 12.3. The van der Waals surface area contributed by atoms with Gasteiger partial charge in [-0.25, -0.2) is 9.59 Å². The highest BCUT2D eigenvalue weighted by atomic mass is 32.1. The zero-order chi connectivity index (χ0) is 55.5. The van der Waals surface area contributed by atoms with E-state index < -0.39 is 65.8 Å². The molecule has 0 bridgehead atoms. The Morgan fingerprint density at radius 2 is 1.24 bits per heavy atom. The molecule has 1 saturated heterocycles. The minimum Gasteiger partial charge on any atom is -0.481 e. The molecule has 75 heavy (non-hydrogen) atoms. The van der Waals surface area contributed by atoms with Crippen molar-refractivity contribution >= 4 is 76.6 Å². The number of nitrogens with one attached hydrogen (secondary N) is 4. The van der Waals surface area contributed by atoms with Crippen LogP contribution >= 0.6 is 12.2 Å². The van der Waals surface area contributed by atoms with E-state index in [2.05, 4.69) is 26.3 Å². The second-order valence-corrected chi connectivity index (χ2v) is 18.9. The van der Waals surface area contributed by atoms with E-state index in [9.17, 15) is 68.7 Å². The third kappa shape index (κ3) is 26.3. The fourth-order valence-corrected chi connectivity index (χ4v) is 8.52. The normalized spacial score (nSPS) is 15.9. The van der Waals surface area contributed by atoms with Gasteiger partial charge in [-0.05, 0) is 100 Å². The molecule has 0 spiro atoms. The predicted molar refractivity (Wildman–Crippen MR) is 276 cm³/mol. The van der Waals surface area contributed by atoms with Gasteiger partial charge in [0.15, 0.2) is 10.9 Å². The van der Waals surface area contributed by atoms with Crippen molar-refractivity contribution in [2.24, 2.45) is 0 Å². The number of anilines is 1. The van der Waals surface area contributed by atoms with Crippen molar-refractivity contribution < 1.29 is 73.8 Å². The van der Waals surface area contributed by atoms with Crippen molar-refractivity contribution in [3.8, 4) is 0 Å². The van der Waals surface area contributed by atoms with Crippen LogP contribution in [0, 0.1) is 6.92 Å². The number of carbonyl (C=O) groups is 9. The maximum absolute atomic E-state index is 13.6. The number of hydrogen-bond acceptors (Lipinski definition) is 15. The van der Waals surface area contributed by atoms with Crippen molar-refractivity contribution in [2.45, 2.75) is 96.3 Å². The highest BCUT2D eigenvalue weighted by Gasteiger charge is 2.28. The van der Waals surface area contributed by atoms with Gasteiger partial charge in [0.1, 0.15) is 6.04 Å². The summed E-state index contributed by atoms with van der Waals surface area (Å²) in [5.41, 5.74) is 3.06. The third-order valence-corrected chi connectivity index (χ3v) is 12.5. The number of urea groups is 1. The summed E-state index contributed by atoms with van der Waals surface area (Å²) in [6, 6.07) is 7.11. The van der Waals surface area contributed by atoms with Gasteiger partial charge in [0.25, 0.3) is 0 Å². The topological polar surface area (TPSA) is 352 Å². The molecule has 1 aliphatic rings. The van der Waals surface area contributed by atoms with Gasteiger partial charge in [-0.15, -0.1) is 0 Å². The molecular formula is C49H72N10O15S. The van der Waals surface area contributed by atoms with Crippen molar-refractivity contribution in [1.29, 1.82) is 0 Å². The van der Waals surface area contributed by atoms with Crippen molar-refractivity contribution in [2.75, 3.05) is 90.4 Å². The Balaban J connectivity index is 1.58. The first kappa shape index (κ1) is 62.4. The fraction of sp³-hybridized carbons (Fsp3) is 0.571. The molecule has 25 nitrogen and oxygen atoms in total. The lowest BCUT2D eigenvalue weighted by Crippen LogP contribution is -2.53. The number of benzene rings is 1. The SMILES string of the molecule is CC(=O)[C@H](CCC(=O)O)NC(=O)N[C@@H](CCCCN(Cc1ccc(C)nc1)C(=O)CCCCNC(=S)Nc1ccc(CC2CN(CC(=O)O)CCN(CC(=O)O)CCN(CC(=O)O)CCN2CC(=O)O)cc1)C(=O)O. The molecule has 2 heterocycles. The molecular weight excluding hydrogens is 1000 g/mol. The fourth-order valence-electron chi connectivity index (χ4n) is 8.30. The molecule has 3 rings (SSSR count). The van der Waals surface area contributed by atoms with E-state index in [-0.39, 0.29) is 110 Å². The summed E-state index contributed by atoms with van der Waals surface area (Å²) in [6.07, 6.45) is 3.55.